The maximum absolute atomic E-state index is 5.67. The Morgan fingerprint density at radius 1 is 0.700 bits per heavy atom. The summed E-state index contributed by atoms with van der Waals surface area (Å²) in [6.45, 7) is 2.30. The number of hydrogen-bond donors (Lipinski definition) is 0. The summed E-state index contributed by atoms with van der Waals surface area (Å²) in [5.74, 6) is 3.05. The Balaban J connectivity index is 1.91. The highest BCUT2D eigenvalue weighted by molar-refractivity contribution is 6.12. The number of benzene rings is 3. The third kappa shape index (κ3) is 2.64. The zero-order valence-corrected chi connectivity index (χ0v) is 18.5. The van der Waals surface area contributed by atoms with Gasteiger partial charge in [-0.3, -0.25) is 0 Å². The van der Waals surface area contributed by atoms with Gasteiger partial charge in [-0.05, 0) is 51.4 Å². The molecule has 0 N–H and O–H groups in total. The lowest BCUT2D eigenvalue weighted by Gasteiger charge is -2.41. The van der Waals surface area contributed by atoms with Crippen molar-refractivity contribution in [2.24, 2.45) is 0 Å². The largest absolute Gasteiger partial charge is 0.493 e. The summed E-state index contributed by atoms with van der Waals surface area (Å²) in [6.07, 6.45) is 3.70. The molecule has 1 saturated heterocycles. The molecule has 5 heteroatoms. The second kappa shape index (κ2) is 6.95. The maximum Gasteiger partial charge on any atom is 0.161 e. The summed E-state index contributed by atoms with van der Waals surface area (Å²) in [4.78, 5) is 0. The Labute approximate surface area is 177 Å². The van der Waals surface area contributed by atoms with Gasteiger partial charge in [-0.1, -0.05) is 0 Å². The van der Waals surface area contributed by atoms with Crippen LogP contribution in [0.3, 0.4) is 0 Å². The molecule has 2 unspecified atom stereocenters. The van der Waals surface area contributed by atoms with Gasteiger partial charge in [0.2, 0.25) is 0 Å². The van der Waals surface area contributed by atoms with Crippen LogP contribution in [0.4, 0.5) is 0 Å². The van der Waals surface area contributed by atoms with Crippen molar-refractivity contribution in [3.63, 3.8) is 0 Å². The fourth-order valence-corrected chi connectivity index (χ4v) is 5.75. The van der Waals surface area contributed by atoms with Gasteiger partial charge in [0.05, 0.1) is 48.1 Å². The van der Waals surface area contributed by atoms with Crippen LogP contribution in [0.15, 0.2) is 24.3 Å². The van der Waals surface area contributed by atoms with Crippen molar-refractivity contribution >= 4 is 21.5 Å². The summed E-state index contributed by atoms with van der Waals surface area (Å²) < 4.78 is 23.7. The van der Waals surface area contributed by atoms with Crippen molar-refractivity contribution < 1.29 is 23.4 Å². The third-order valence-electron chi connectivity index (χ3n) is 7.40. The summed E-state index contributed by atoms with van der Waals surface area (Å²) in [5, 5.41) is 4.87. The zero-order chi connectivity index (χ0) is 21.0. The number of likely N-dealkylation sites (N-methyl/N-ethyl adjacent to an activating group) is 1. The minimum atomic E-state index is 0.686. The van der Waals surface area contributed by atoms with Crippen LogP contribution >= 0.6 is 0 Å². The number of quaternary nitrogens is 1. The first-order chi connectivity index (χ1) is 14.5. The van der Waals surface area contributed by atoms with E-state index in [4.69, 9.17) is 18.9 Å². The number of rotatable bonds is 4. The Bertz CT molecular complexity index is 1160. The summed E-state index contributed by atoms with van der Waals surface area (Å²) >= 11 is 0. The van der Waals surface area contributed by atoms with Crippen LogP contribution in [0.1, 0.15) is 24.0 Å². The summed E-state index contributed by atoms with van der Waals surface area (Å²) in [7, 11) is 9.21. The van der Waals surface area contributed by atoms with Gasteiger partial charge in [0, 0.05) is 24.8 Å². The van der Waals surface area contributed by atoms with Gasteiger partial charge < -0.3 is 23.4 Å². The summed E-state index contributed by atoms with van der Waals surface area (Å²) in [6, 6.07) is 9.23. The van der Waals surface area contributed by atoms with E-state index >= 15 is 0 Å². The van der Waals surface area contributed by atoms with Crippen LogP contribution in [0.5, 0.6) is 23.0 Å². The van der Waals surface area contributed by atoms with E-state index in [0.29, 0.717) is 6.04 Å². The molecule has 2 aliphatic heterocycles. The minimum Gasteiger partial charge on any atom is -0.493 e. The lowest BCUT2D eigenvalue weighted by atomic mass is 9.84. The first-order valence-corrected chi connectivity index (χ1v) is 10.6. The monoisotopic (exact) mass is 408 g/mol. The molecule has 0 spiro atoms. The first kappa shape index (κ1) is 19.3. The number of methoxy groups -OCH3 is 4. The highest BCUT2D eigenvalue weighted by atomic mass is 16.5. The number of ether oxygens (including phenoxy) is 4. The molecule has 30 heavy (non-hydrogen) atoms. The first-order valence-electron chi connectivity index (χ1n) is 10.6. The van der Waals surface area contributed by atoms with E-state index in [9.17, 15) is 0 Å². The van der Waals surface area contributed by atoms with Crippen LogP contribution in [0.25, 0.3) is 21.5 Å². The third-order valence-corrected chi connectivity index (χ3v) is 7.40. The SMILES string of the molecule is COc1cc2c3c(c4cc(OC)c(OC)cc4c2cc1OC)C[N+]1(C)CCCC1C3. The van der Waals surface area contributed by atoms with Crippen LogP contribution in [0, 0.1) is 0 Å². The van der Waals surface area contributed by atoms with Gasteiger partial charge in [-0.15, -0.1) is 0 Å². The lowest BCUT2D eigenvalue weighted by Crippen LogP contribution is -2.51. The van der Waals surface area contributed by atoms with E-state index in [0.717, 1.165) is 40.4 Å². The standard InChI is InChI=1S/C25H30NO4/c1-26-8-6-7-15(26)9-16-17-10-22(27-2)23(28-3)11-18(17)19-12-24(29-4)25(30-5)13-20(19)21(16)14-26/h10-13,15H,6-9,14H2,1-5H3/q+1. The molecule has 2 aliphatic rings. The molecule has 5 nitrogen and oxygen atoms in total. The smallest absolute Gasteiger partial charge is 0.161 e. The molecule has 1 fully saturated rings. The molecule has 3 aromatic rings. The Morgan fingerprint density at radius 3 is 1.67 bits per heavy atom. The molecule has 0 saturated carbocycles. The van der Waals surface area contributed by atoms with Crippen LogP contribution < -0.4 is 18.9 Å². The topological polar surface area (TPSA) is 36.9 Å². The molecule has 158 valence electrons. The van der Waals surface area contributed by atoms with Crippen molar-refractivity contribution in [1.82, 2.24) is 0 Å². The van der Waals surface area contributed by atoms with E-state index in [1.165, 1.54) is 52.1 Å². The second-order valence-electron chi connectivity index (χ2n) is 8.82. The summed E-state index contributed by atoms with van der Waals surface area (Å²) in [5.41, 5.74) is 2.89. The molecule has 2 atom stereocenters. The zero-order valence-electron chi connectivity index (χ0n) is 18.5. The van der Waals surface area contributed by atoms with Crippen molar-refractivity contribution in [2.45, 2.75) is 31.8 Å². The molecule has 3 aromatic carbocycles. The van der Waals surface area contributed by atoms with Crippen molar-refractivity contribution in [3.05, 3.63) is 35.4 Å². The predicted molar refractivity (Wildman–Crippen MR) is 119 cm³/mol. The van der Waals surface area contributed by atoms with E-state index in [1.54, 1.807) is 28.4 Å². The van der Waals surface area contributed by atoms with E-state index in [1.807, 2.05) is 0 Å². The Hall–Kier alpha value is -2.66. The van der Waals surface area contributed by atoms with Crippen LogP contribution in [0.2, 0.25) is 0 Å². The van der Waals surface area contributed by atoms with Gasteiger partial charge in [0.1, 0.15) is 6.54 Å². The van der Waals surface area contributed by atoms with Gasteiger partial charge in [-0.2, -0.15) is 0 Å². The maximum atomic E-state index is 5.67. The Morgan fingerprint density at radius 2 is 1.17 bits per heavy atom. The highest BCUT2D eigenvalue weighted by Crippen LogP contribution is 2.47. The Kier molecular flexibility index (Phi) is 4.47. The molecular formula is C25H30NO4+. The molecule has 0 bridgehead atoms. The number of nitrogens with zero attached hydrogens (tertiary/aromatic N) is 1. The van der Waals surface area contributed by atoms with Crippen LogP contribution in [-0.4, -0.2) is 52.6 Å². The van der Waals surface area contributed by atoms with E-state index in [-0.39, 0.29) is 0 Å². The molecular weight excluding hydrogens is 378 g/mol. The normalized spacial score (nSPS) is 22.6. The molecule has 0 radical (unpaired) electrons. The number of hydrogen-bond acceptors (Lipinski definition) is 4. The molecule has 0 amide bonds. The van der Waals surface area contributed by atoms with Gasteiger partial charge in [0.15, 0.2) is 23.0 Å². The fourth-order valence-electron chi connectivity index (χ4n) is 5.75. The average Bonchev–Trinajstić information content (AvgIpc) is 3.16. The van der Waals surface area contributed by atoms with Crippen molar-refractivity contribution in [1.29, 1.82) is 0 Å². The molecule has 2 heterocycles. The van der Waals surface area contributed by atoms with Crippen LogP contribution in [-0.2, 0) is 13.0 Å². The second-order valence-corrected chi connectivity index (χ2v) is 8.82. The molecule has 0 aromatic heterocycles. The average molecular weight is 409 g/mol. The quantitative estimate of drug-likeness (QED) is 0.464. The number of fused-ring (bicyclic) bond motifs is 7. The highest BCUT2D eigenvalue weighted by Gasteiger charge is 2.43. The molecule has 5 rings (SSSR count). The molecule has 0 aliphatic carbocycles. The van der Waals surface area contributed by atoms with E-state index in [2.05, 4.69) is 31.3 Å². The fraction of sp³-hybridized carbons (Fsp3) is 0.440. The van der Waals surface area contributed by atoms with E-state index < -0.39 is 0 Å². The van der Waals surface area contributed by atoms with Crippen molar-refractivity contribution in [2.75, 3.05) is 42.0 Å². The predicted octanol–water partition coefficient (Wildman–Crippen LogP) is 4.69. The lowest BCUT2D eigenvalue weighted by molar-refractivity contribution is -0.935. The van der Waals surface area contributed by atoms with Crippen molar-refractivity contribution in [3.8, 4) is 23.0 Å². The van der Waals surface area contributed by atoms with Gasteiger partial charge >= 0.3 is 0 Å². The van der Waals surface area contributed by atoms with Gasteiger partial charge in [-0.25, -0.2) is 0 Å². The minimum absolute atomic E-state index is 0.686. The van der Waals surface area contributed by atoms with Gasteiger partial charge in [0.25, 0.3) is 0 Å².